The lowest BCUT2D eigenvalue weighted by Gasteiger charge is -2.41. The zero-order valence-corrected chi connectivity index (χ0v) is 10.8. The molecule has 0 aromatic heterocycles. The molecule has 0 atom stereocenters. The average molecular weight is 269 g/mol. The Labute approximate surface area is 111 Å². The fourth-order valence-electron chi connectivity index (χ4n) is 2.00. The summed E-state index contributed by atoms with van der Waals surface area (Å²) in [5, 5.41) is 15.8. The van der Waals surface area contributed by atoms with Crippen LogP contribution >= 0.6 is 11.6 Å². The van der Waals surface area contributed by atoms with Crippen LogP contribution in [0.15, 0.2) is 24.3 Å². The van der Waals surface area contributed by atoms with Crippen LogP contribution in [0.5, 0.6) is 0 Å². The molecule has 5 heteroatoms. The predicted octanol–water partition coefficient (Wildman–Crippen LogP) is 1.78. The SMILES string of the molecule is O=C(CNC1(CO)CCC1)Nc1ccc(Cl)cc1. The predicted molar refractivity (Wildman–Crippen MR) is 71.8 cm³/mol. The highest BCUT2D eigenvalue weighted by Crippen LogP contribution is 2.30. The second-order valence-electron chi connectivity index (χ2n) is 4.70. The molecule has 0 saturated heterocycles. The van der Waals surface area contributed by atoms with E-state index < -0.39 is 0 Å². The van der Waals surface area contributed by atoms with E-state index in [0.717, 1.165) is 24.9 Å². The van der Waals surface area contributed by atoms with Crippen molar-refractivity contribution in [3.63, 3.8) is 0 Å². The maximum Gasteiger partial charge on any atom is 0.238 e. The van der Waals surface area contributed by atoms with Crippen LogP contribution in [0.1, 0.15) is 19.3 Å². The molecule has 18 heavy (non-hydrogen) atoms. The topological polar surface area (TPSA) is 61.4 Å². The maximum atomic E-state index is 11.7. The minimum Gasteiger partial charge on any atom is -0.394 e. The number of benzene rings is 1. The molecule has 1 fully saturated rings. The van der Waals surface area contributed by atoms with E-state index in [1.54, 1.807) is 24.3 Å². The molecule has 0 aliphatic heterocycles. The van der Waals surface area contributed by atoms with Gasteiger partial charge in [-0.3, -0.25) is 4.79 Å². The molecule has 0 unspecified atom stereocenters. The molecule has 1 saturated carbocycles. The van der Waals surface area contributed by atoms with Gasteiger partial charge in [0.15, 0.2) is 0 Å². The second-order valence-corrected chi connectivity index (χ2v) is 5.14. The Morgan fingerprint density at radius 3 is 2.50 bits per heavy atom. The zero-order valence-electron chi connectivity index (χ0n) is 10.1. The third-order valence-electron chi connectivity index (χ3n) is 3.37. The normalized spacial score (nSPS) is 17.0. The van der Waals surface area contributed by atoms with E-state index in [-0.39, 0.29) is 24.6 Å². The Morgan fingerprint density at radius 1 is 1.33 bits per heavy atom. The second kappa shape index (κ2) is 5.69. The van der Waals surface area contributed by atoms with Crippen molar-refractivity contribution < 1.29 is 9.90 Å². The first-order valence-electron chi connectivity index (χ1n) is 6.05. The number of aliphatic hydroxyl groups is 1. The molecular weight excluding hydrogens is 252 g/mol. The van der Waals surface area contributed by atoms with Crippen LogP contribution in [0.25, 0.3) is 0 Å². The molecule has 1 aliphatic carbocycles. The van der Waals surface area contributed by atoms with Gasteiger partial charge in [-0.2, -0.15) is 0 Å². The first kappa shape index (κ1) is 13.3. The summed E-state index contributed by atoms with van der Waals surface area (Å²) in [6, 6.07) is 6.97. The molecular formula is C13H17ClN2O2. The number of amides is 1. The van der Waals surface area contributed by atoms with Crippen molar-refractivity contribution >= 4 is 23.2 Å². The van der Waals surface area contributed by atoms with Gasteiger partial charge in [0.05, 0.1) is 13.2 Å². The van der Waals surface area contributed by atoms with Crippen molar-refractivity contribution in [3.05, 3.63) is 29.3 Å². The lowest BCUT2D eigenvalue weighted by molar-refractivity contribution is -0.116. The van der Waals surface area contributed by atoms with Crippen LogP contribution in [-0.4, -0.2) is 29.7 Å². The zero-order chi connectivity index (χ0) is 13.0. The molecule has 1 aromatic carbocycles. The van der Waals surface area contributed by atoms with Crippen LogP contribution in [0, 0.1) is 0 Å². The van der Waals surface area contributed by atoms with Gasteiger partial charge in [0.25, 0.3) is 0 Å². The minimum atomic E-state index is -0.239. The van der Waals surface area contributed by atoms with Crippen LogP contribution in [-0.2, 0) is 4.79 Å². The van der Waals surface area contributed by atoms with E-state index in [1.807, 2.05) is 0 Å². The number of carbonyl (C=O) groups excluding carboxylic acids is 1. The van der Waals surface area contributed by atoms with E-state index in [9.17, 15) is 9.90 Å². The van der Waals surface area contributed by atoms with Gasteiger partial charge in [-0.25, -0.2) is 0 Å². The van der Waals surface area contributed by atoms with Crippen molar-refractivity contribution in [2.45, 2.75) is 24.8 Å². The molecule has 1 amide bonds. The van der Waals surface area contributed by atoms with Crippen molar-refractivity contribution in [1.29, 1.82) is 0 Å². The monoisotopic (exact) mass is 268 g/mol. The maximum absolute atomic E-state index is 11.7. The summed E-state index contributed by atoms with van der Waals surface area (Å²) in [5.41, 5.74) is 0.481. The molecule has 3 N–H and O–H groups in total. The first-order chi connectivity index (χ1) is 8.63. The fourth-order valence-corrected chi connectivity index (χ4v) is 2.13. The number of hydrogen-bond acceptors (Lipinski definition) is 3. The summed E-state index contributed by atoms with van der Waals surface area (Å²) < 4.78 is 0. The van der Waals surface area contributed by atoms with Crippen molar-refractivity contribution in [3.8, 4) is 0 Å². The van der Waals surface area contributed by atoms with Gasteiger partial charge in [-0.1, -0.05) is 11.6 Å². The summed E-state index contributed by atoms with van der Waals surface area (Å²) in [6.45, 7) is 0.296. The van der Waals surface area contributed by atoms with Crippen molar-refractivity contribution in [2.75, 3.05) is 18.5 Å². The molecule has 0 radical (unpaired) electrons. The standard InChI is InChI=1S/C13H17ClN2O2/c14-10-2-4-11(5-3-10)16-12(18)8-15-13(9-17)6-1-7-13/h2-5,15,17H,1,6-9H2,(H,16,18). The van der Waals surface area contributed by atoms with E-state index in [2.05, 4.69) is 10.6 Å². The van der Waals surface area contributed by atoms with Gasteiger partial charge in [-0.05, 0) is 43.5 Å². The first-order valence-corrected chi connectivity index (χ1v) is 6.43. The van der Waals surface area contributed by atoms with Crippen molar-refractivity contribution in [2.24, 2.45) is 0 Å². The Hall–Kier alpha value is -1.10. The highest BCUT2D eigenvalue weighted by atomic mass is 35.5. The molecule has 2 rings (SSSR count). The van der Waals surface area contributed by atoms with Gasteiger partial charge in [0.1, 0.15) is 0 Å². The molecule has 98 valence electrons. The summed E-state index contributed by atoms with van der Waals surface area (Å²) >= 11 is 5.76. The summed E-state index contributed by atoms with van der Waals surface area (Å²) in [4.78, 5) is 11.7. The number of nitrogens with one attached hydrogen (secondary N) is 2. The van der Waals surface area contributed by atoms with E-state index in [4.69, 9.17) is 11.6 Å². The van der Waals surface area contributed by atoms with E-state index in [0.29, 0.717) is 5.02 Å². The molecule has 1 aromatic rings. The molecule has 4 nitrogen and oxygen atoms in total. The smallest absolute Gasteiger partial charge is 0.238 e. The van der Waals surface area contributed by atoms with Crippen molar-refractivity contribution in [1.82, 2.24) is 5.32 Å². The Balaban J connectivity index is 1.80. The fraction of sp³-hybridized carbons (Fsp3) is 0.462. The van der Waals surface area contributed by atoms with Crippen LogP contribution in [0.3, 0.4) is 0 Å². The number of hydrogen-bond donors (Lipinski definition) is 3. The van der Waals surface area contributed by atoms with Gasteiger partial charge in [0, 0.05) is 16.2 Å². The Morgan fingerprint density at radius 2 is 2.00 bits per heavy atom. The molecule has 1 aliphatic rings. The Bertz CT molecular complexity index is 410. The van der Waals surface area contributed by atoms with Gasteiger partial charge in [-0.15, -0.1) is 0 Å². The minimum absolute atomic E-state index is 0.0845. The van der Waals surface area contributed by atoms with Crippen LogP contribution in [0.4, 0.5) is 5.69 Å². The van der Waals surface area contributed by atoms with E-state index >= 15 is 0 Å². The highest BCUT2D eigenvalue weighted by Gasteiger charge is 2.35. The Kier molecular flexibility index (Phi) is 4.22. The average Bonchev–Trinajstić information content (AvgIpc) is 2.31. The summed E-state index contributed by atoms with van der Waals surface area (Å²) in [7, 11) is 0. The van der Waals surface area contributed by atoms with Gasteiger partial charge in [0.2, 0.25) is 5.91 Å². The lowest BCUT2D eigenvalue weighted by Crippen LogP contribution is -2.55. The summed E-state index contributed by atoms with van der Waals surface area (Å²) in [6.07, 6.45) is 2.96. The van der Waals surface area contributed by atoms with E-state index in [1.165, 1.54) is 0 Å². The molecule has 0 spiro atoms. The number of aliphatic hydroxyl groups excluding tert-OH is 1. The van der Waals surface area contributed by atoms with Crippen LogP contribution in [0.2, 0.25) is 5.02 Å². The largest absolute Gasteiger partial charge is 0.394 e. The molecule has 0 heterocycles. The number of rotatable bonds is 5. The van der Waals surface area contributed by atoms with Crippen LogP contribution < -0.4 is 10.6 Å². The number of halogens is 1. The number of anilines is 1. The molecule has 0 bridgehead atoms. The quantitative estimate of drug-likeness (QED) is 0.763. The summed E-state index contributed by atoms with van der Waals surface area (Å²) in [5.74, 6) is -0.114. The highest BCUT2D eigenvalue weighted by molar-refractivity contribution is 6.30. The third-order valence-corrected chi connectivity index (χ3v) is 3.62. The van der Waals surface area contributed by atoms with Gasteiger partial charge >= 0.3 is 0 Å². The lowest BCUT2D eigenvalue weighted by atomic mass is 9.77. The van der Waals surface area contributed by atoms with Gasteiger partial charge < -0.3 is 15.7 Å². The third kappa shape index (κ3) is 3.22. The number of carbonyl (C=O) groups is 1.